The summed E-state index contributed by atoms with van der Waals surface area (Å²) >= 11 is 1.26. The van der Waals surface area contributed by atoms with Gasteiger partial charge in [-0.1, -0.05) is 18.7 Å². The summed E-state index contributed by atoms with van der Waals surface area (Å²) in [5.41, 5.74) is 9.87. The van der Waals surface area contributed by atoms with E-state index in [1.807, 2.05) is 6.92 Å². The Hall–Kier alpha value is -5.69. The van der Waals surface area contributed by atoms with E-state index in [2.05, 4.69) is 31.8 Å². The first-order valence-corrected chi connectivity index (χ1v) is 15.2. The monoisotopic (exact) mass is 670 g/mol. The van der Waals surface area contributed by atoms with E-state index in [-0.39, 0.29) is 29.2 Å². The van der Waals surface area contributed by atoms with Crippen LogP contribution in [0.15, 0.2) is 85.3 Å². The fraction of sp³-hybridized carbons (Fsp3) is 0.114. The number of aryl methyl sites for hydroxylation is 2. The molecule has 1 amide bonds. The quantitative estimate of drug-likeness (QED) is 0.129. The third kappa shape index (κ3) is 6.32. The molecule has 4 heterocycles. The van der Waals surface area contributed by atoms with E-state index in [4.69, 9.17) is 10.5 Å². The molecule has 0 aliphatic heterocycles. The van der Waals surface area contributed by atoms with Gasteiger partial charge in [-0.05, 0) is 79.9 Å². The molecule has 0 saturated carbocycles. The number of halogens is 4. The van der Waals surface area contributed by atoms with Crippen LogP contribution in [0.5, 0.6) is 11.8 Å². The largest absolute Gasteiger partial charge is 0.421 e. The Morgan fingerprint density at radius 3 is 2.44 bits per heavy atom. The number of nitrogens with two attached hydrogens (primary N) is 1. The molecule has 0 atom stereocenters. The van der Waals surface area contributed by atoms with Crippen LogP contribution in [-0.2, 0) is 11.0 Å². The van der Waals surface area contributed by atoms with Gasteiger partial charge in [0.1, 0.15) is 5.82 Å². The first kappa shape index (κ1) is 32.3. The molecule has 6 rings (SSSR count). The zero-order valence-electron chi connectivity index (χ0n) is 25.7. The number of carbonyl (C=O) groups excluding carboxylic acids is 1. The molecular weight excluding hydrogens is 644 g/mol. The molecule has 13 heteroatoms. The zero-order valence-corrected chi connectivity index (χ0v) is 26.6. The highest BCUT2D eigenvalue weighted by molar-refractivity contribution is 7.23. The number of alkyl halides is 3. The number of hydrogen-bond donors (Lipinski definition) is 2. The van der Waals surface area contributed by atoms with Gasteiger partial charge in [-0.15, -0.1) is 11.3 Å². The number of fused-ring (bicyclic) bond motifs is 1. The van der Waals surface area contributed by atoms with Gasteiger partial charge in [-0.25, -0.2) is 19.3 Å². The van der Waals surface area contributed by atoms with E-state index in [1.165, 1.54) is 35.9 Å². The highest BCUT2D eigenvalue weighted by atomic mass is 32.1. The molecule has 0 unspecified atom stereocenters. The average molecular weight is 671 g/mol. The zero-order chi connectivity index (χ0) is 34.3. The van der Waals surface area contributed by atoms with Crippen LogP contribution < -0.4 is 15.8 Å². The molecule has 0 bridgehead atoms. The number of ether oxygens (including phenoxy) is 1. The summed E-state index contributed by atoms with van der Waals surface area (Å²) in [6.45, 7) is 8.86. The number of amides is 1. The maximum absolute atomic E-state index is 15.7. The van der Waals surface area contributed by atoms with E-state index in [1.54, 1.807) is 44.2 Å². The SMILES string of the molecule is C=C(C)C(=O)Nc1ccc(-c2sc3c(-c4cc(C(F)(F)F)ccn4)cnc(N)c3c2-c2ccc(Oc3nccc(C)n3)c(F)c2)c(C)c1. The van der Waals surface area contributed by atoms with E-state index in [0.29, 0.717) is 48.6 Å². The van der Waals surface area contributed by atoms with Gasteiger partial charge in [-0.3, -0.25) is 9.78 Å². The first-order chi connectivity index (χ1) is 22.8. The minimum atomic E-state index is -4.59. The van der Waals surface area contributed by atoms with Crippen LogP contribution in [0, 0.1) is 19.7 Å². The lowest BCUT2D eigenvalue weighted by molar-refractivity contribution is -0.137. The number of hydrogen-bond acceptors (Lipinski definition) is 8. The van der Waals surface area contributed by atoms with Gasteiger partial charge >= 0.3 is 12.2 Å². The normalized spacial score (nSPS) is 11.5. The topological polar surface area (TPSA) is 116 Å². The summed E-state index contributed by atoms with van der Waals surface area (Å²) in [7, 11) is 0. The average Bonchev–Trinajstić information content (AvgIpc) is 3.43. The summed E-state index contributed by atoms with van der Waals surface area (Å²) in [5, 5.41) is 3.21. The van der Waals surface area contributed by atoms with Crippen LogP contribution in [0.3, 0.4) is 0 Å². The van der Waals surface area contributed by atoms with Crippen LogP contribution in [-0.4, -0.2) is 25.8 Å². The number of carbonyl (C=O) groups is 1. The summed E-state index contributed by atoms with van der Waals surface area (Å²) in [6.07, 6.45) is -0.623. The first-order valence-electron chi connectivity index (χ1n) is 14.4. The Kier molecular flexibility index (Phi) is 8.39. The van der Waals surface area contributed by atoms with Crippen molar-refractivity contribution in [1.82, 2.24) is 19.9 Å². The van der Waals surface area contributed by atoms with E-state index < -0.39 is 17.6 Å². The van der Waals surface area contributed by atoms with Crippen LogP contribution in [0.25, 0.3) is 42.9 Å². The molecular formula is C35H26F4N6O2S. The summed E-state index contributed by atoms with van der Waals surface area (Å²) in [4.78, 5) is 29.6. The van der Waals surface area contributed by atoms with E-state index in [0.717, 1.165) is 29.5 Å². The predicted octanol–water partition coefficient (Wildman–Crippen LogP) is 9.15. The minimum Gasteiger partial charge on any atom is -0.421 e. The Labute approximate surface area is 276 Å². The van der Waals surface area contributed by atoms with Crippen molar-refractivity contribution in [2.45, 2.75) is 26.9 Å². The fourth-order valence-corrected chi connectivity index (χ4v) is 6.51. The molecule has 2 aromatic carbocycles. The Morgan fingerprint density at radius 1 is 0.979 bits per heavy atom. The molecule has 0 fully saturated rings. The van der Waals surface area contributed by atoms with Gasteiger partial charge < -0.3 is 15.8 Å². The number of pyridine rings is 2. The van der Waals surface area contributed by atoms with Gasteiger partial charge in [0.25, 0.3) is 5.91 Å². The molecule has 242 valence electrons. The highest BCUT2D eigenvalue weighted by Crippen LogP contribution is 2.50. The smallest absolute Gasteiger partial charge is 0.416 e. The number of nitrogen functional groups attached to an aromatic ring is 1. The van der Waals surface area contributed by atoms with Crippen molar-refractivity contribution in [2.75, 3.05) is 11.1 Å². The number of nitrogens with zero attached hydrogens (tertiary/aromatic N) is 4. The van der Waals surface area contributed by atoms with E-state index >= 15 is 4.39 Å². The lowest BCUT2D eigenvalue weighted by Crippen LogP contribution is -2.11. The third-order valence-corrected chi connectivity index (χ3v) is 8.67. The molecule has 3 N–H and O–H groups in total. The van der Waals surface area contributed by atoms with Gasteiger partial charge in [0, 0.05) is 56.9 Å². The lowest BCUT2D eigenvalue weighted by atomic mass is 9.95. The van der Waals surface area contributed by atoms with Crippen molar-refractivity contribution in [3.8, 4) is 44.6 Å². The third-order valence-electron chi connectivity index (χ3n) is 7.42. The van der Waals surface area contributed by atoms with Crippen LogP contribution in [0.4, 0.5) is 29.1 Å². The second-order valence-electron chi connectivity index (χ2n) is 11.0. The molecule has 0 saturated heterocycles. The summed E-state index contributed by atoms with van der Waals surface area (Å²) in [6, 6.07) is 13.2. The Balaban J connectivity index is 1.56. The lowest BCUT2D eigenvalue weighted by Gasteiger charge is -2.13. The van der Waals surface area contributed by atoms with Crippen molar-refractivity contribution in [1.29, 1.82) is 0 Å². The van der Waals surface area contributed by atoms with Gasteiger partial charge in [0.15, 0.2) is 11.6 Å². The van der Waals surface area contributed by atoms with Gasteiger partial charge in [0.2, 0.25) is 0 Å². The maximum Gasteiger partial charge on any atom is 0.416 e. The second-order valence-corrected chi connectivity index (χ2v) is 12.0. The van der Waals surface area contributed by atoms with Crippen molar-refractivity contribution < 1.29 is 27.1 Å². The second kappa shape index (κ2) is 12.5. The number of rotatable bonds is 7. The molecule has 48 heavy (non-hydrogen) atoms. The number of nitrogens with one attached hydrogen (secondary N) is 1. The molecule has 4 aromatic heterocycles. The van der Waals surface area contributed by atoms with Crippen LogP contribution >= 0.6 is 11.3 Å². The minimum absolute atomic E-state index is 0.0237. The van der Waals surface area contributed by atoms with Crippen molar-refractivity contribution in [3.63, 3.8) is 0 Å². The summed E-state index contributed by atoms with van der Waals surface area (Å²) in [5.74, 6) is -1.07. The molecule has 0 aliphatic carbocycles. The van der Waals surface area contributed by atoms with Gasteiger partial charge in [0.05, 0.1) is 16.0 Å². The van der Waals surface area contributed by atoms with Crippen LogP contribution in [0.1, 0.15) is 23.7 Å². The number of thiophene rings is 1. The van der Waals surface area contributed by atoms with Crippen molar-refractivity contribution in [2.24, 2.45) is 0 Å². The highest BCUT2D eigenvalue weighted by Gasteiger charge is 2.31. The number of anilines is 2. The molecule has 0 aliphatic rings. The predicted molar refractivity (Wildman–Crippen MR) is 178 cm³/mol. The van der Waals surface area contributed by atoms with Gasteiger partial charge in [-0.2, -0.15) is 13.2 Å². The van der Waals surface area contributed by atoms with Crippen molar-refractivity contribution >= 4 is 38.8 Å². The standard InChI is InChI=1S/C35H26F4N6O2S/c1-17(2)33(46)45-22-6-7-23(18(3)13-22)30-28(20-5-8-27(25(36)14-20)47-34-42-11-9-19(4)44-34)29-31(48-30)24(16-43-32(29)40)26-15-21(10-12-41-26)35(37,38)39/h5-16H,1H2,2-4H3,(H2,40,43)(H,45,46). The van der Waals surface area contributed by atoms with E-state index in [9.17, 15) is 18.0 Å². The Bertz CT molecular complexity index is 2250. The van der Waals surface area contributed by atoms with Crippen molar-refractivity contribution in [3.05, 3.63) is 108 Å². The molecule has 6 aromatic rings. The molecule has 8 nitrogen and oxygen atoms in total. The van der Waals surface area contributed by atoms with Crippen LogP contribution in [0.2, 0.25) is 0 Å². The number of aromatic nitrogens is 4. The fourth-order valence-electron chi connectivity index (χ4n) is 5.07. The summed E-state index contributed by atoms with van der Waals surface area (Å²) < 4.78 is 62.8. The molecule has 0 radical (unpaired) electrons. The molecule has 0 spiro atoms. The maximum atomic E-state index is 15.7. The number of benzene rings is 2. The Morgan fingerprint density at radius 2 is 1.75 bits per heavy atom.